The fourth-order valence-electron chi connectivity index (χ4n) is 4.10. The lowest BCUT2D eigenvalue weighted by Gasteiger charge is -2.34. The van der Waals surface area contributed by atoms with Crippen LogP contribution >= 0.6 is 11.6 Å². The molecule has 3 amide bonds. The molecule has 1 saturated heterocycles. The Kier molecular flexibility index (Phi) is 6.54. The lowest BCUT2D eigenvalue weighted by molar-refractivity contribution is 0.0671. The molecule has 1 aliphatic heterocycles. The molecule has 0 bridgehead atoms. The molecule has 0 saturated carbocycles. The van der Waals surface area contributed by atoms with E-state index in [-0.39, 0.29) is 11.9 Å². The molecule has 4 aromatic rings. The molecule has 1 aromatic heterocycles. The van der Waals surface area contributed by atoms with Crippen LogP contribution in [0.25, 0.3) is 10.9 Å². The van der Waals surface area contributed by atoms with E-state index in [1.807, 2.05) is 60.7 Å². The van der Waals surface area contributed by atoms with Gasteiger partial charge in [0.1, 0.15) is 0 Å². The first kappa shape index (κ1) is 22.7. The van der Waals surface area contributed by atoms with E-state index < -0.39 is 0 Å². The zero-order valence-electron chi connectivity index (χ0n) is 19.0. The highest BCUT2D eigenvalue weighted by atomic mass is 35.5. The van der Waals surface area contributed by atoms with Crippen LogP contribution < -0.4 is 10.6 Å². The van der Waals surface area contributed by atoms with Gasteiger partial charge in [0.25, 0.3) is 5.91 Å². The van der Waals surface area contributed by atoms with Crippen molar-refractivity contribution in [3.63, 3.8) is 0 Å². The van der Waals surface area contributed by atoms with Gasteiger partial charge >= 0.3 is 6.03 Å². The number of benzene rings is 3. The van der Waals surface area contributed by atoms with Gasteiger partial charge in [0, 0.05) is 43.7 Å². The van der Waals surface area contributed by atoms with Gasteiger partial charge in [0.05, 0.1) is 16.2 Å². The summed E-state index contributed by atoms with van der Waals surface area (Å²) in [4.78, 5) is 29.0. The number of aromatic amines is 1. The van der Waals surface area contributed by atoms with Crippen molar-refractivity contribution in [3.8, 4) is 0 Å². The van der Waals surface area contributed by atoms with Gasteiger partial charge in [0.15, 0.2) is 5.82 Å². The quantitative estimate of drug-likeness (QED) is 0.375. The second-order valence-corrected chi connectivity index (χ2v) is 8.76. The van der Waals surface area contributed by atoms with Crippen molar-refractivity contribution in [2.75, 3.05) is 36.8 Å². The zero-order chi connectivity index (χ0) is 24.2. The van der Waals surface area contributed by atoms with Gasteiger partial charge < -0.3 is 20.4 Å². The summed E-state index contributed by atoms with van der Waals surface area (Å²) in [6, 6.07) is 22.4. The van der Waals surface area contributed by atoms with Crippen LogP contribution in [0.2, 0.25) is 5.02 Å². The number of hydrogen-bond acceptors (Lipinski definition) is 4. The zero-order valence-corrected chi connectivity index (χ0v) is 19.8. The second kappa shape index (κ2) is 10.1. The number of nitrogens with one attached hydrogen (secondary N) is 3. The topological polar surface area (TPSA) is 93.4 Å². The molecule has 0 radical (unpaired) electrons. The summed E-state index contributed by atoms with van der Waals surface area (Å²) in [5, 5.41) is 15.0. The van der Waals surface area contributed by atoms with Crippen molar-refractivity contribution in [1.29, 1.82) is 0 Å². The molecule has 1 fully saturated rings. The van der Waals surface area contributed by atoms with Gasteiger partial charge in [-0.1, -0.05) is 48.0 Å². The van der Waals surface area contributed by atoms with E-state index in [4.69, 9.17) is 11.6 Å². The minimum absolute atomic E-state index is 0.0334. The molecule has 0 atom stereocenters. The highest BCUT2D eigenvalue weighted by Crippen LogP contribution is 2.22. The molecule has 3 N–H and O–H groups in total. The van der Waals surface area contributed by atoms with E-state index in [0.717, 1.165) is 22.3 Å². The molecular formula is C26H25ClN6O2. The lowest BCUT2D eigenvalue weighted by Crippen LogP contribution is -2.51. The minimum atomic E-state index is -0.216. The number of H-pyrrole nitrogens is 1. The number of carbonyl (C=O) groups excluding carboxylic acids is 2. The summed E-state index contributed by atoms with van der Waals surface area (Å²) in [5.74, 6) is 0.770. The van der Waals surface area contributed by atoms with Gasteiger partial charge in [-0.05, 0) is 42.0 Å². The number of urea groups is 1. The number of rotatable bonds is 5. The van der Waals surface area contributed by atoms with Crippen molar-refractivity contribution in [1.82, 2.24) is 20.0 Å². The standard InChI is InChI=1S/C26H25ClN6O2/c27-21-6-2-4-8-23(21)29-26(35)33-15-13-32(14-16-33)25(34)19-11-9-18(10-12-19)17-28-24-20-5-1-3-7-22(20)30-31-24/h1-12H,13-17H2,(H,29,35)(H2,28,30,31). The fourth-order valence-corrected chi connectivity index (χ4v) is 4.28. The number of aromatic nitrogens is 2. The van der Waals surface area contributed by atoms with Crippen molar-refractivity contribution < 1.29 is 9.59 Å². The molecule has 3 aromatic carbocycles. The maximum atomic E-state index is 13.0. The molecule has 0 spiro atoms. The highest BCUT2D eigenvalue weighted by Gasteiger charge is 2.25. The number of halogens is 1. The van der Waals surface area contributed by atoms with Crippen molar-refractivity contribution in [3.05, 3.63) is 88.9 Å². The van der Waals surface area contributed by atoms with Gasteiger partial charge in [-0.2, -0.15) is 5.10 Å². The molecule has 8 nitrogen and oxygen atoms in total. The van der Waals surface area contributed by atoms with Crippen LogP contribution in [0.5, 0.6) is 0 Å². The Bertz CT molecular complexity index is 1350. The van der Waals surface area contributed by atoms with Gasteiger partial charge in [-0.3, -0.25) is 9.89 Å². The fraction of sp³-hybridized carbons (Fsp3) is 0.192. The summed E-state index contributed by atoms with van der Waals surface area (Å²) in [5.41, 5.74) is 3.24. The number of amides is 3. The smallest absolute Gasteiger partial charge is 0.322 e. The Balaban J connectivity index is 1.13. The predicted molar refractivity (Wildman–Crippen MR) is 138 cm³/mol. The average molecular weight is 489 g/mol. The molecule has 9 heteroatoms. The van der Waals surface area contributed by atoms with Gasteiger partial charge in [-0.15, -0.1) is 0 Å². The summed E-state index contributed by atoms with van der Waals surface area (Å²) in [6.45, 7) is 2.47. The van der Waals surface area contributed by atoms with Gasteiger partial charge in [-0.25, -0.2) is 4.79 Å². The number of carbonyl (C=O) groups is 2. The lowest BCUT2D eigenvalue weighted by atomic mass is 10.1. The van der Waals surface area contributed by atoms with Crippen LogP contribution in [-0.4, -0.2) is 58.1 Å². The molecule has 5 rings (SSSR count). The third-order valence-corrected chi connectivity index (χ3v) is 6.43. The van der Waals surface area contributed by atoms with E-state index >= 15 is 0 Å². The predicted octanol–water partition coefficient (Wildman–Crippen LogP) is 4.82. The van der Waals surface area contributed by atoms with Crippen molar-refractivity contribution >= 4 is 45.9 Å². The van der Waals surface area contributed by atoms with Gasteiger partial charge in [0.2, 0.25) is 0 Å². The summed E-state index contributed by atoms with van der Waals surface area (Å²) in [6.07, 6.45) is 0. The Morgan fingerprint density at radius 3 is 2.34 bits per heavy atom. The first-order valence-corrected chi connectivity index (χ1v) is 11.8. The average Bonchev–Trinajstić information content (AvgIpc) is 3.32. The maximum Gasteiger partial charge on any atom is 0.322 e. The van der Waals surface area contributed by atoms with Crippen LogP contribution in [0, 0.1) is 0 Å². The van der Waals surface area contributed by atoms with E-state index in [9.17, 15) is 9.59 Å². The van der Waals surface area contributed by atoms with Crippen LogP contribution in [0.3, 0.4) is 0 Å². The van der Waals surface area contributed by atoms with Crippen molar-refractivity contribution in [2.24, 2.45) is 0 Å². The Labute approximate surface area is 207 Å². The number of anilines is 2. The van der Waals surface area contributed by atoms with Crippen LogP contribution in [0.15, 0.2) is 72.8 Å². The Hall–Kier alpha value is -4.04. The van der Waals surface area contributed by atoms with Crippen LogP contribution in [0.1, 0.15) is 15.9 Å². The summed E-state index contributed by atoms with van der Waals surface area (Å²) in [7, 11) is 0. The highest BCUT2D eigenvalue weighted by molar-refractivity contribution is 6.33. The molecule has 1 aliphatic rings. The first-order valence-electron chi connectivity index (χ1n) is 11.4. The van der Waals surface area contributed by atoms with Crippen molar-refractivity contribution in [2.45, 2.75) is 6.54 Å². The van der Waals surface area contributed by atoms with Crippen LogP contribution in [0.4, 0.5) is 16.3 Å². The minimum Gasteiger partial charge on any atom is -0.364 e. The van der Waals surface area contributed by atoms with E-state index in [2.05, 4.69) is 20.8 Å². The monoisotopic (exact) mass is 488 g/mol. The molecule has 0 aliphatic carbocycles. The van der Waals surface area contributed by atoms with E-state index in [1.165, 1.54) is 0 Å². The molecule has 35 heavy (non-hydrogen) atoms. The number of fused-ring (bicyclic) bond motifs is 1. The molecular weight excluding hydrogens is 464 g/mol. The normalized spacial score (nSPS) is 13.6. The molecule has 0 unspecified atom stereocenters. The van der Waals surface area contributed by atoms with E-state index in [1.54, 1.807) is 21.9 Å². The SMILES string of the molecule is O=C(Nc1ccccc1Cl)N1CCN(C(=O)c2ccc(CNc3n[nH]c4ccccc34)cc2)CC1. The number of nitrogens with zero attached hydrogens (tertiary/aromatic N) is 3. The third-order valence-electron chi connectivity index (χ3n) is 6.10. The Morgan fingerprint density at radius 1 is 0.886 bits per heavy atom. The first-order chi connectivity index (χ1) is 17.1. The molecule has 2 heterocycles. The third kappa shape index (κ3) is 5.07. The number of para-hydroxylation sites is 2. The summed E-state index contributed by atoms with van der Waals surface area (Å²) < 4.78 is 0. The van der Waals surface area contributed by atoms with Crippen LogP contribution in [-0.2, 0) is 6.54 Å². The largest absolute Gasteiger partial charge is 0.364 e. The van der Waals surface area contributed by atoms with E-state index in [0.29, 0.717) is 49.0 Å². The second-order valence-electron chi connectivity index (χ2n) is 8.36. The summed E-state index contributed by atoms with van der Waals surface area (Å²) >= 11 is 6.13. The number of hydrogen-bond donors (Lipinski definition) is 3. The Morgan fingerprint density at radius 2 is 1.57 bits per heavy atom. The maximum absolute atomic E-state index is 13.0. The number of piperazine rings is 1. The molecule has 178 valence electrons.